The number of pyridine rings is 2. The van der Waals surface area contributed by atoms with Gasteiger partial charge in [0.15, 0.2) is 11.4 Å². The highest BCUT2D eigenvalue weighted by molar-refractivity contribution is 5.31. The minimum absolute atomic E-state index is 0.0145. The summed E-state index contributed by atoms with van der Waals surface area (Å²) in [5.74, 6) is -1.17. The Morgan fingerprint density at radius 2 is 1.32 bits per heavy atom. The summed E-state index contributed by atoms with van der Waals surface area (Å²) in [5.41, 5.74) is -1.92. The fraction of sp³-hybridized carbons (Fsp3) is 0.524. The molecular weight excluding hydrogens is 426 g/mol. The molecule has 0 aliphatic rings. The number of ether oxygens (including phenoxy) is 2. The summed E-state index contributed by atoms with van der Waals surface area (Å²) in [5, 5.41) is 0. The minimum Gasteiger partial charge on any atom is -0.481 e. The molecule has 2 aromatic rings. The van der Waals surface area contributed by atoms with E-state index >= 15 is 0 Å². The van der Waals surface area contributed by atoms with E-state index in [9.17, 15) is 26.3 Å². The van der Waals surface area contributed by atoms with Crippen LogP contribution in [0.25, 0.3) is 0 Å². The number of alkyl halides is 6. The number of hydrogen-bond acceptors (Lipinski definition) is 4. The van der Waals surface area contributed by atoms with Gasteiger partial charge in [-0.3, -0.25) is 0 Å². The van der Waals surface area contributed by atoms with Gasteiger partial charge in [-0.25, -0.2) is 9.97 Å². The molecule has 1 atom stereocenters. The summed E-state index contributed by atoms with van der Waals surface area (Å²) in [6.45, 7) is 4.91. The van der Waals surface area contributed by atoms with Crippen LogP contribution < -0.4 is 9.47 Å². The molecular formula is C21H24F6N2O2. The van der Waals surface area contributed by atoms with Crippen molar-refractivity contribution in [1.29, 1.82) is 0 Å². The second-order valence-electron chi connectivity index (χ2n) is 7.42. The van der Waals surface area contributed by atoms with E-state index in [2.05, 4.69) is 9.97 Å². The van der Waals surface area contributed by atoms with E-state index in [4.69, 9.17) is 9.47 Å². The van der Waals surface area contributed by atoms with E-state index < -0.39 is 29.7 Å². The van der Waals surface area contributed by atoms with Crippen molar-refractivity contribution in [3.8, 4) is 11.8 Å². The Morgan fingerprint density at radius 1 is 0.806 bits per heavy atom. The van der Waals surface area contributed by atoms with Gasteiger partial charge in [-0.15, -0.1) is 0 Å². The molecule has 2 aromatic heterocycles. The lowest BCUT2D eigenvalue weighted by Crippen LogP contribution is -2.15. The summed E-state index contributed by atoms with van der Waals surface area (Å²) >= 11 is 0. The molecule has 1 unspecified atom stereocenters. The van der Waals surface area contributed by atoms with Crippen LogP contribution in [0, 0.1) is 0 Å². The smallest absolute Gasteiger partial charge is 0.433 e. The lowest BCUT2D eigenvalue weighted by Gasteiger charge is -2.18. The van der Waals surface area contributed by atoms with Crippen LogP contribution in [0.2, 0.25) is 0 Å². The first-order valence-electron chi connectivity index (χ1n) is 9.67. The molecule has 0 aliphatic heterocycles. The first kappa shape index (κ1) is 24.7. The van der Waals surface area contributed by atoms with E-state index in [1.54, 1.807) is 20.8 Å². The van der Waals surface area contributed by atoms with Gasteiger partial charge in [-0.1, -0.05) is 32.9 Å². The summed E-state index contributed by atoms with van der Waals surface area (Å²) in [6, 6.07) is 5.37. The van der Waals surface area contributed by atoms with Crippen LogP contribution in [0.3, 0.4) is 0 Å². The van der Waals surface area contributed by atoms with Gasteiger partial charge < -0.3 is 9.47 Å². The number of rotatable bonds is 8. The molecule has 0 aliphatic carbocycles. The highest BCUT2D eigenvalue weighted by Gasteiger charge is 2.37. The van der Waals surface area contributed by atoms with Crippen molar-refractivity contribution < 1.29 is 35.8 Å². The molecule has 0 saturated heterocycles. The Kier molecular flexibility index (Phi) is 7.77. The highest BCUT2D eigenvalue weighted by Crippen LogP contribution is 2.37. The molecule has 0 radical (unpaired) electrons. The molecule has 2 rings (SSSR count). The monoisotopic (exact) mass is 450 g/mol. The maximum atomic E-state index is 13.3. The first-order valence-corrected chi connectivity index (χ1v) is 9.67. The summed E-state index contributed by atoms with van der Waals surface area (Å²) < 4.78 is 89.7. The van der Waals surface area contributed by atoms with Crippen LogP contribution in [0.4, 0.5) is 26.3 Å². The molecule has 0 saturated carbocycles. The zero-order valence-electron chi connectivity index (χ0n) is 17.6. The molecule has 0 fully saturated rings. The van der Waals surface area contributed by atoms with Gasteiger partial charge in [0.25, 0.3) is 0 Å². The van der Waals surface area contributed by atoms with Gasteiger partial charge >= 0.3 is 12.4 Å². The molecule has 31 heavy (non-hydrogen) atoms. The van der Waals surface area contributed by atoms with Crippen molar-refractivity contribution in [1.82, 2.24) is 9.97 Å². The normalized spacial score (nSPS) is 13.4. The lowest BCUT2D eigenvalue weighted by molar-refractivity contribution is -0.143. The van der Waals surface area contributed by atoms with E-state index in [0.29, 0.717) is 12.8 Å². The molecule has 0 spiro atoms. The quantitative estimate of drug-likeness (QED) is 0.335. The predicted molar refractivity (Wildman–Crippen MR) is 102 cm³/mol. The van der Waals surface area contributed by atoms with Crippen molar-refractivity contribution in [2.75, 3.05) is 13.7 Å². The average Bonchev–Trinajstić information content (AvgIpc) is 2.69. The van der Waals surface area contributed by atoms with Crippen molar-refractivity contribution in [2.24, 2.45) is 0 Å². The Morgan fingerprint density at radius 3 is 1.87 bits per heavy atom. The Bertz CT molecular complexity index is 881. The van der Waals surface area contributed by atoms with Gasteiger partial charge in [0, 0.05) is 12.1 Å². The van der Waals surface area contributed by atoms with E-state index in [1.165, 1.54) is 31.4 Å². The first-order chi connectivity index (χ1) is 14.3. The number of methoxy groups -OCH3 is 1. The van der Waals surface area contributed by atoms with Crippen molar-refractivity contribution in [2.45, 2.75) is 57.8 Å². The third kappa shape index (κ3) is 6.48. The molecule has 0 bridgehead atoms. The fourth-order valence-corrected chi connectivity index (χ4v) is 3.14. The van der Waals surface area contributed by atoms with Crippen LogP contribution in [0.1, 0.15) is 68.0 Å². The third-order valence-electron chi connectivity index (χ3n) is 4.73. The zero-order chi connectivity index (χ0) is 23.4. The molecule has 0 amide bonds. The Hall–Kier alpha value is -2.52. The molecule has 2 heterocycles. The van der Waals surface area contributed by atoms with Gasteiger partial charge in [0.05, 0.1) is 13.7 Å². The number of hydrogen-bond donors (Lipinski definition) is 0. The molecule has 0 N–H and O–H groups in total. The highest BCUT2D eigenvalue weighted by atomic mass is 19.4. The van der Waals surface area contributed by atoms with E-state index in [0.717, 1.165) is 0 Å². The van der Waals surface area contributed by atoms with Gasteiger partial charge in [0.2, 0.25) is 11.8 Å². The van der Waals surface area contributed by atoms with Crippen LogP contribution in [-0.4, -0.2) is 23.7 Å². The Balaban J connectivity index is 2.04. The van der Waals surface area contributed by atoms with Gasteiger partial charge in [-0.2, -0.15) is 26.3 Å². The predicted octanol–water partition coefficient (Wildman–Crippen LogP) is 6.61. The van der Waals surface area contributed by atoms with Crippen LogP contribution in [0.15, 0.2) is 24.3 Å². The van der Waals surface area contributed by atoms with E-state index in [-0.39, 0.29) is 35.4 Å². The van der Waals surface area contributed by atoms with Crippen molar-refractivity contribution >= 4 is 0 Å². The lowest BCUT2D eigenvalue weighted by atomic mass is 9.94. The average molecular weight is 450 g/mol. The molecule has 4 nitrogen and oxygen atoms in total. The molecule has 10 heteroatoms. The van der Waals surface area contributed by atoms with Crippen molar-refractivity contribution in [3.05, 3.63) is 46.8 Å². The number of nitrogens with zero attached hydrogens (tertiary/aromatic N) is 2. The van der Waals surface area contributed by atoms with Gasteiger partial charge in [0.1, 0.15) is 0 Å². The molecule has 172 valence electrons. The maximum absolute atomic E-state index is 13.3. The summed E-state index contributed by atoms with van der Waals surface area (Å²) in [6.07, 6.45) is -8.61. The zero-order valence-corrected chi connectivity index (χ0v) is 17.6. The summed E-state index contributed by atoms with van der Waals surface area (Å²) in [7, 11) is 1.23. The molecule has 0 aromatic carbocycles. The van der Waals surface area contributed by atoms with Crippen LogP contribution in [0.5, 0.6) is 11.8 Å². The number of aromatic nitrogens is 2. The fourth-order valence-electron chi connectivity index (χ4n) is 3.14. The standard InChI is InChI=1S/C21H24F6N2O2/c1-12(2)14-7-10-17(29-18(14)20(22,23)24)31-11-5-6-13(3)15-8-9-16(30-4)28-19(15)21(25,26)27/h7-10,12-13H,5-6,11H2,1-4H3. The second-order valence-corrected chi connectivity index (χ2v) is 7.42. The SMILES string of the molecule is COc1ccc(C(C)CCCOc2ccc(C(C)C)c(C(F)(F)F)n2)c(C(F)(F)F)n1. The summed E-state index contributed by atoms with van der Waals surface area (Å²) in [4.78, 5) is 7.11. The maximum Gasteiger partial charge on any atom is 0.433 e. The van der Waals surface area contributed by atoms with Crippen molar-refractivity contribution in [3.63, 3.8) is 0 Å². The number of halogens is 6. The Labute approximate surface area is 176 Å². The topological polar surface area (TPSA) is 44.2 Å². The second kappa shape index (κ2) is 9.74. The minimum atomic E-state index is -4.63. The largest absolute Gasteiger partial charge is 0.481 e. The van der Waals surface area contributed by atoms with Crippen LogP contribution in [-0.2, 0) is 12.4 Å². The van der Waals surface area contributed by atoms with Crippen LogP contribution >= 0.6 is 0 Å². The van der Waals surface area contributed by atoms with E-state index in [1.807, 2.05) is 0 Å². The third-order valence-corrected chi connectivity index (χ3v) is 4.73. The van der Waals surface area contributed by atoms with Gasteiger partial charge in [-0.05, 0) is 35.8 Å².